The molecule has 0 amide bonds. The maximum Gasteiger partial charge on any atom is 0.270 e. The summed E-state index contributed by atoms with van der Waals surface area (Å²) in [5, 5.41) is 0. The van der Waals surface area contributed by atoms with Gasteiger partial charge in [0.05, 0.1) is 11.0 Å². The summed E-state index contributed by atoms with van der Waals surface area (Å²) in [6, 6.07) is 6.96. The van der Waals surface area contributed by atoms with Gasteiger partial charge in [-0.1, -0.05) is 12.1 Å². The lowest BCUT2D eigenvalue weighted by atomic mass is 10.1. The molecule has 0 aliphatic heterocycles. The Labute approximate surface area is 182 Å². The highest BCUT2D eigenvalue weighted by molar-refractivity contribution is 6.20. The number of hydrogen-bond acceptors (Lipinski definition) is 10. The highest BCUT2D eigenvalue weighted by Gasteiger charge is 2.21. The van der Waals surface area contributed by atoms with E-state index in [2.05, 4.69) is 49.8 Å². The smallest absolute Gasteiger partial charge is 0.242 e. The second kappa shape index (κ2) is 6.34. The molecule has 14 heteroatoms. The monoisotopic (exact) mass is 460 g/mol. The SMILES string of the molecule is Fc1nc2nc3c4nc5ccccc5nc4c4nc5nc(F)c(F)nc5nc4c3nc2nc1F. The molecule has 5 aromatic heterocycles. The molecule has 5 heterocycles. The van der Waals surface area contributed by atoms with Gasteiger partial charge in [-0.3, -0.25) is 0 Å². The van der Waals surface area contributed by atoms with Crippen molar-refractivity contribution in [3.8, 4) is 0 Å². The number of benzene rings is 2. The summed E-state index contributed by atoms with van der Waals surface area (Å²) >= 11 is 0. The Balaban J connectivity index is 1.78. The Morgan fingerprint density at radius 1 is 0.353 bits per heavy atom. The third-order valence-corrected chi connectivity index (χ3v) is 5.12. The molecular formula is C20H4F4N10. The van der Waals surface area contributed by atoms with Gasteiger partial charge >= 0.3 is 0 Å². The zero-order valence-electron chi connectivity index (χ0n) is 16.3. The van der Waals surface area contributed by atoms with E-state index in [9.17, 15) is 17.6 Å². The van der Waals surface area contributed by atoms with E-state index in [1.165, 1.54) is 0 Å². The Bertz CT molecular complexity index is 1890. The number of halogens is 4. The van der Waals surface area contributed by atoms with Crippen LogP contribution in [0, 0.1) is 23.8 Å². The fourth-order valence-corrected chi connectivity index (χ4v) is 3.68. The molecule has 10 nitrogen and oxygen atoms in total. The van der Waals surface area contributed by atoms with E-state index in [0.29, 0.717) is 11.0 Å². The predicted octanol–water partition coefficient (Wildman–Crippen LogP) is 3.11. The van der Waals surface area contributed by atoms with Crippen LogP contribution in [0.3, 0.4) is 0 Å². The van der Waals surface area contributed by atoms with Crippen LogP contribution in [0.2, 0.25) is 0 Å². The molecular weight excluding hydrogens is 456 g/mol. The molecule has 0 fully saturated rings. The van der Waals surface area contributed by atoms with Crippen LogP contribution in [-0.4, -0.2) is 49.8 Å². The Kier molecular flexibility index (Phi) is 3.48. The summed E-state index contributed by atoms with van der Waals surface area (Å²) in [4.78, 5) is 40.1. The molecule has 0 N–H and O–H groups in total. The normalized spacial score (nSPS) is 12.1. The fourth-order valence-electron chi connectivity index (χ4n) is 3.68. The first-order valence-corrected chi connectivity index (χ1v) is 9.56. The number of aromatic nitrogens is 10. The van der Waals surface area contributed by atoms with Crippen LogP contribution in [0.5, 0.6) is 0 Å². The summed E-state index contributed by atoms with van der Waals surface area (Å²) in [5.74, 6) is -5.81. The van der Waals surface area contributed by atoms with Gasteiger partial charge in [0.25, 0.3) is 23.8 Å². The lowest BCUT2D eigenvalue weighted by molar-refractivity contribution is 0.458. The minimum absolute atomic E-state index is 0.0285. The molecule has 7 rings (SSSR count). The third-order valence-electron chi connectivity index (χ3n) is 5.12. The summed E-state index contributed by atoms with van der Waals surface area (Å²) < 4.78 is 54.9. The van der Waals surface area contributed by atoms with E-state index >= 15 is 0 Å². The van der Waals surface area contributed by atoms with Crippen LogP contribution in [0.25, 0.3) is 66.7 Å². The van der Waals surface area contributed by atoms with Crippen molar-refractivity contribution in [2.45, 2.75) is 0 Å². The first-order valence-electron chi connectivity index (χ1n) is 9.56. The van der Waals surface area contributed by atoms with Crippen molar-refractivity contribution in [2.75, 3.05) is 0 Å². The van der Waals surface area contributed by atoms with Crippen LogP contribution in [-0.2, 0) is 0 Å². The topological polar surface area (TPSA) is 129 Å². The van der Waals surface area contributed by atoms with Crippen LogP contribution in [0.1, 0.15) is 0 Å². The third kappa shape index (κ3) is 2.49. The van der Waals surface area contributed by atoms with Gasteiger partial charge in [0.1, 0.15) is 33.1 Å². The zero-order valence-corrected chi connectivity index (χ0v) is 16.3. The maximum absolute atomic E-state index is 13.7. The molecule has 0 saturated heterocycles. The number of para-hydroxylation sites is 2. The zero-order chi connectivity index (χ0) is 23.1. The summed E-state index contributed by atoms with van der Waals surface area (Å²) in [6.07, 6.45) is 0. The van der Waals surface area contributed by atoms with E-state index in [0.717, 1.165) is 0 Å². The number of nitrogens with zero attached hydrogens (tertiary/aromatic N) is 10. The van der Waals surface area contributed by atoms with Gasteiger partial charge in [0.2, 0.25) is 22.6 Å². The van der Waals surface area contributed by atoms with E-state index in [4.69, 9.17) is 0 Å². The molecule has 34 heavy (non-hydrogen) atoms. The second-order valence-electron chi connectivity index (χ2n) is 7.16. The van der Waals surface area contributed by atoms with Crippen molar-refractivity contribution in [3.05, 3.63) is 48.1 Å². The lowest BCUT2D eigenvalue weighted by Crippen LogP contribution is -2.04. The van der Waals surface area contributed by atoms with Crippen molar-refractivity contribution in [3.63, 3.8) is 0 Å². The van der Waals surface area contributed by atoms with E-state index < -0.39 is 23.8 Å². The van der Waals surface area contributed by atoms with Gasteiger partial charge in [-0.05, 0) is 12.1 Å². The van der Waals surface area contributed by atoms with Crippen molar-refractivity contribution in [1.82, 2.24) is 49.8 Å². The summed E-state index contributed by atoms with van der Waals surface area (Å²) in [5.41, 5.74) is 0.506. The van der Waals surface area contributed by atoms with E-state index in [1.54, 1.807) is 24.3 Å². The number of fused-ring (bicyclic) bond motifs is 9. The molecule has 0 aliphatic rings. The van der Waals surface area contributed by atoms with Gasteiger partial charge in [-0.2, -0.15) is 37.5 Å². The molecule has 2 aromatic carbocycles. The Hall–Kier alpha value is -4.88. The van der Waals surface area contributed by atoms with E-state index in [1.807, 2.05) is 0 Å². The molecule has 0 bridgehead atoms. The largest absolute Gasteiger partial charge is 0.270 e. The van der Waals surface area contributed by atoms with Gasteiger partial charge in [0, 0.05) is 0 Å². The maximum atomic E-state index is 13.7. The molecule has 0 atom stereocenters. The van der Waals surface area contributed by atoms with Gasteiger partial charge < -0.3 is 0 Å². The minimum Gasteiger partial charge on any atom is -0.242 e. The van der Waals surface area contributed by atoms with Crippen LogP contribution >= 0.6 is 0 Å². The van der Waals surface area contributed by atoms with Gasteiger partial charge in [-0.25, -0.2) is 29.9 Å². The van der Waals surface area contributed by atoms with Crippen LogP contribution in [0.4, 0.5) is 17.6 Å². The fraction of sp³-hybridized carbons (Fsp3) is 0. The second-order valence-corrected chi connectivity index (χ2v) is 7.16. The van der Waals surface area contributed by atoms with Crippen molar-refractivity contribution < 1.29 is 17.6 Å². The van der Waals surface area contributed by atoms with Gasteiger partial charge in [0.15, 0.2) is 0 Å². The lowest BCUT2D eigenvalue weighted by Gasteiger charge is -2.09. The Morgan fingerprint density at radius 2 is 0.618 bits per heavy atom. The first kappa shape index (κ1) is 18.7. The van der Waals surface area contributed by atoms with E-state index in [-0.39, 0.29) is 55.7 Å². The number of hydrogen-bond donors (Lipinski definition) is 0. The predicted molar refractivity (Wildman–Crippen MR) is 109 cm³/mol. The summed E-state index contributed by atoms with van der Waals surface area (Å²) in [6.45, 7) is 0. The molecule has 0 unspecified atom stereocenters. The quantitative estimate of drug-likeness (QED) is 0.189. The van der Waals surface area contributed by atoms with Gasteiger partial charge in [-0.15, -0.1) is 0 Å². The number of rotatable bonds is 0. The molecule has 0 aliphatic carbocycles. The van der Waals surface area contributed by atoms with Crippen molar-refractivity contribution in [2.24, 2.45) is 0 Å². The average Bonchev–Trinajstić information content (AvgIpc) is 2.83. The highest BCUT2D eigenvalue weighted by Crippen LogP contribution is 2.32. The highest BCUT2D eigenvalue weighted by atomic mass is 19.2. The minimum atomic E-state index is -1.46. The first-order chi connectivity index (χ1) is 16.5. The van der Waals surface area contributed by atoms with Crippen LogP contribution < -0.4 is 0 Å². The molecule has 0 spiro atoms. The standard InChI is InChI=1S/C20H4F4N10/c21-13-15(23)33-19-17(31-13)27-9-7-8(26-6-4-2-1-3-5(6)25-7)10-12(11(9)29-19)30-20-18(28-10)32-14(22)16(24)34-20/h1-4H. The summed E-state index contributed by atoms with van der Waals surface area (Å²) in [7, 11) is 0. The molecule has 7 aromatic rings. The van der Waals surface area contributed by atoms with Crippen LogP contribution in [0.15, 0.2) is 24.3 Å². The average molecular weight is 460 g/mol. The van der Waals surface area contributed by atoms with Crippen molar-refractivity contribution in [1.29, 1.82) is 0 Å². The Morgan fingerprint density at radius 3 is 0.912 bits per heavy atom. The molecule has 162 valence electrons. The van der Waals surface area contributed by atoms with Crippen molar-refractivity contribution >= 4 is 66.7 Å². The molecule has 0 saturated carbocycles. The molecule has 0 radical (unpaired) electrons.